The van der Waals surface area contributed by atoms with Crippen molar-refractivity contribution in [1.82, 2.24) is 24.2 Å². The molecule has 0 unspecified atom stereocenters. The van der Waals surface area contributed by atoms with E-state index in [1.165, 1.54) is 0 Å². The molecule has 7 heteroatoms. The Balaban J connectivity index is 1.62. The molecule has 0 spiro atoms. The van der Waals surface area contributed by atoms with E-state index >= 15 is 0 Å². The van der Waals surface area contributed by atoms with Crippen molar-refractivity contribution in [2.75, 3.05) is 20.1 Å². The van der Waals surface area contributed by atoms with Crippen molar-refractivity contribution in [3.63, 3.8) is 0 Å². The second-order valence-electron chi connectivity index (χ2n) is 7.41. The molecule has 1 N–H and O–H groups in total. The summed E-state index contributed by atoms with van der Waals surface area (Å²) in [6.07, 6.45) is 7.32. The Hall–Kier alpha value is -2.93. The predicted octanol–water partition coefficient (Wildman–Crippen LogP) is 2.00. The third-order valence-corrected chi connectivity index (χ3v) is 5.48. The molecule has 3 aromatic heterocycles. The number of imidazole rings is 1. The smallest absolute Gasteiger partial charge is 0.263 e. The molecule has 3 aromatic rings. The molecule has 4 rings (SSSR count). The highest BCUT2D eigenvalue weighted by atomic mass is 16.2. The molecule has 1 aliphatic rings. The number of carbonyl (C=O) groups excluding carboxylic acids is 1. The van der Waals surface area contributed by atoms with Crippen molar-refractivity contribution in [1.29, 1.82) is 0 Å². The molecule has 0 bridgehead atoms. The summed E-state index contributed by atoms with van der Waals surface area (Å²) in [6, 6.07) is 7.80. The minimum Gasteiger partial charge on any atom is -0.336 e. The molecule has 1 saturated heterocycles. The number of piperidine rings is 1. The van der Waals surface area contributed by atoms with Crippen molar-refractivity contribution in [2.45, 2.75) is 32.4 Å². The minimum absolute atomic E-state index is 0.143. The van der Waals surface area contributed by atoms with Crippen LogP contribution in [0.1, 0.15) is 40.5 Å². The monoisotopic (exact) mass is 379 g/mol. The number of aromatic nitrogens is 3. The van der Waals surface area contributed by atoms with Gasteiger partial charge in [0.05, 0.1) is 18.4 Å². The lowest BCUT2D eigenvalue weighted by molar-refractivity contribution is 0.0779. The number of nitrogens with zero attached hydrogens (tertiary/aromatic N) is 4. The number of hydrogen-bond donors (Lipinski definition) is 1. The third kappa shape index (κ3) is 3.33. The van der Waals surface area contributed by atoms with Crippen LogP contribution in [0.5, 0.6) is 0 Å². The molecule has 0 aromatic carbocycles. The molecule has 28 heavy (non-hydrogen) atoms. The van der Waals surface area contributed by atoms with Crippen molar-refractivity contribution in [2.24, 2.45) is 0 Å². The van der Waals surface area contributed by atoms with Gasteiger partial charge in [-0.3, -0.25) is 9.59 Å². The number of rotatable bonds is 4. The molecule has 1 amide bonds. The van der Waals surface area contributed by atoms with Crippen LogP contribution in [0.2, 0.25) is 0 Å². The number of pyridine rings is 2. The molecule has 0 saturated carbocycles. The molecule has 0 radical (unpaired) electrons. The summed E-state index contributed by atoms with van der Waals surface area (Å²) in [4.78, 5) is 32.2. The fourth-order valence-corrected chi connectivity index (χ4v) is 3.88. The van der Waals surface area contributed by atoms with Gasteiger partial charge in [0, 0.05) is 25.5 Å². The van der Waals surface area contributed by atoms with Gasteiger partial charge in [-0.25, -0.2) is 4.98 Å². The molecular weight excluding hydrogens is 354 g/mol. The second kappa shape index (κ2) is 7.59. The van der Waals surface area contributed by atoms with E-state index in [0.717, 1.165) is 37.3 Å². The highest BCUT2D eigenvalue weighted by Gasteiger charge is 2.23. The fourth-order valence-electron chi connectivity index (χ4n) is 3.88. The number of amides is 1. The molecule has 0 atom stereocenters. The van der Waals surface area contributed by atoms with Crippen molar-refractivity contribution in [3.8, 4) is 0 Å². The van der Waals surface area contributed by atoms with Crippen molar-refractivity contribution < 1.29 is 4.79 Å². The maximum Gasteiger partial charge on any atom is 0.263 e. The summed E-state index contributed by atoms with van der Waals surface area (Å²) in [5, 5.41) is 3.31. The molecule has 1 fully saturated rings. The second-order valence-corrected chi connectivity index (χ2v) is 7.41. The summed E-state index contributed by atoms with van der Waals surface area (Å²) < 4.78 is 3.69. The topological polar surface area (TPSA) is 71.6 Å². The van der Waals surface area contributed by atoms with Crippen molar-refractivity contribution in [3.05, 3.63) is 70.0 Å². The first-order chi connectivity index (χ1) is 13.6. The maximum absolute atomic E-state index is 13.2. The summed E-state index contributed by atoms with van der Waals surface area (Å²) >= 11 is 0. The van der Waals surface area contributed by atoms with E-state index in [1.54, 1.807) is 22.7 Å². The highest BCUT2D eigenvalue weighted by Crippen LogP contribution is 2.18. The van der Waals surface area contributed by atoms with Crippen molar-refractivity contribution >= 4 is 11.6 Å². The van der Waals surface area contributed by atoms with E-state index in [2.05, 4.69) is 10.3 Å². The Labute approximate surface area is 163 Å². The van der Waals surface area contributed by atoms with Crippen LogP contribution in [0, 0.1) is 6.92 Å². The van der Waals surface area contributed by atoms with E-state index < -0.39 is 0 Å². The van der Waals surface area contributed by atoms with E-state index in [0.29, 0.717) is 12.1 Å². The lowest BCUT2D eigenvalue weighted by Gasteiger charge is -2.26. The Morgan fingerprint density at radius 3 is 2.82 bits per heavy atom. The van der Waals surface area contributed by atoms with E-state index in [-0.39, 0.29) is 23.1 Å². The SMILES string of the molecule is Cc1ccn(C2CCNCC2)c(=O)c1C(=O)N(C)Cc1cnc2ccccn12. The standard InChI is InChI=1S/C21H25N5O2/c1-15-8-12-26(16-6-9-22-10-7-16)21(28)19(15)20(27)24(2)14-17-13-23-18-5-3-4-11-25(17)18/h3-5,8,11-13,16,22H,6-7,9-10,14H2,1-2H3. The number of nitrogens with one attached hydrogen (secondary N) is 1. The van der Waals surface area contributed by atoms with Gasteiger partial charge in [0.25, 0.3) is 11.5 Å². The zero-order valence-corrected chi connectivity index (χ0v) is 16.3. The van der Waals surface area contributed by atoms with Gasteiger partial charge in [0.1, 0.15) is 11.2 Å². The van der Waals surface area contributed by atoms with Gasteiger partial charge in [0.15, 0.2) is 0 Å². The van der Waals surface area contributed by atoms with Crippen LogP contribution in [0.15, 0.2) is 47.7 Å². The van der Waals surface area contributed by atoms with Crippen LogP contribution in [0.3, 0.4) is 0 Å². The van der Waals surface area contributed by atoms with Gasteiger partial charge < -0.3 is 19.2 Å². The molecule has 1 aliphatic heterocycles. The summed E-state index contributed by atoms with van der Waals surface area (Å²) in [7, 11) is 1.73. The number of hydrogen-bond acceptors (Lipinski definition) is 4. The number of carbonyl (C=O) groups is 1. The lowest BCUT2D eigenvalue weighted by atomic mass is 10.0. The van der Waals surface area contributed by atoms with Gasteiger partial charge >= 0.3 is 0 Å². The van der Waals surface area contributed by atoms with Crippen LogP contribution in [0.25, 0.3) is 5.65 Å². The highest BCUT2D eigenvalue weighted by molar-refractivity contribution is 5.95. The van der Waals surface area contributed by atoms with Crippen LogP contribution < -0.4 is 10.9 Å². The summed E-state index contributed by atoms with van der Waals surface area (Å²) in [5.41, 5.74) is 2.52. The minimum atomic E-state index is -0.253. The summed E-state index contributed by atoms with van der Waals surface area (Å²) in [5.74, 6) is -0.253. The lowest BCUT2D eigenvalue weighted by Crippen LogP contribution is -2.39. The van der Waals surface area contributed by atoms with Gasteiger partial charge in [-0.2, -0.15) is 0 Å². The first kappa shape index (κ1) is 18.4. The van der Waals surface area contributed by atoms with Crippen LogP contribution in [-0.2, 0) is 6.54 Å². The summed E-state index contributed by atoms with van der Waals surface area (Å²) in [6.45, 7) is 3.99. The molecule has 146 valence electrons. The average molecular weight is 379 g/mol. The number of fused-ring (bicyclic) bond motifs is 1. The maximum atomic E-state index is 13.2. The molecular formula is C21H25N5O2. The van der Waals surface area contributed by atoms with Gasteiger partial charge in [-0.15, -0.1) is 0 Å². The van der Waals surface area contributed by atoms with Gasteiger partial charge in [-0.05, 0) is 56.6 Å². The first-order valence-corrected chi connectivity index (χ1v) is 9.65. The Morgan fingerprint density at radius 2 is 2.04 bits per heavy atom. The molecule has 7 nitrogen and oxygen atoms in total. The van der Waals surface area contributed by atoms with Gasteiger partial charge in [-0.1, -0.05) is 6.07 Å². The molecule has 4 heterocycles. The average Bonchev–Trinajstić information content (AvgIpc) is 3.11. The quantitative estimate of drug-likeness (QED) is 0.753. The largest absolute Gasteiger partial charge is 0.336 e. The normalized spacial score (nSPS) is 15.1. The van der Waals surface area contributed by atoms with E-state index in [4.69, 9.17) is 0 Å². The van der Waals surface area contributed by atoms with E-state index in [9.17, 15) is 9.59 Å². The Bertz CT molecular complexity index is 1060. The van der Waals surface area contributed by atoms with E-state index in [1.807, 2.05) is 48.0 Å². The molecule has 0 aliphatic carbocycles. The van der Waals surface area contributed by atoms with Crippen LogP contribution in [-0.4, -0.2) is 44.9 Å². The Kier molecular flexibility index (Phi) is 5.00. The zero-order chi connectivity index (χ0) is 19.7. The zero-order valence-electron chi connectivity index (χ0n) is 16.3. The third-order valence-electron chi connectivity index (χ3n) is 5.48. The number of aryl methyl sites for hydroxylation is 1. The Morgan fingerprint density at radius 1 is 1.25 bits per heavy atom. The fraction of sp³-hybridized carbons (Fsp3) is 0.381. The van der Waals surface area contributed by atoms with Gasteiger partial charge in [0.2, 0.25) is 0 Å². The van der Waals surface area contributed by atoms with Crippen LogP contribution in [0.4, 0.5) is 0 Å². The van der Waals surface area contributed by atoms with Crippen LogP contribution >= 0.6 is 0 Å². The first-order valence-electron chi connectivity index (χ1n) is 9.65. The predicted molar refractivity (Wildman–Crippen MR) is 108 cm³/mol.